The molecule has 0 rings (SSSR count). The average molecular weight is 420 g/mol. The van der Waals surface area contributed by atoms with Crippen molar-refractivity contribution in [2.75, 3.05) is 13.1 Å². The van der Waals surface area contributed by atoms with Crippen molar-refractivity contribution in [3.05, 3.63) is 0 Å². The number of halogens is 2. The number of rotatable bonds is 14. The Hall–Kier alpha value is 0.880. The van der Waals surface area contributed by atoms with Gasteiger partial charge in [-0.2, -0.15) is 0 Å². The summed E-state index contributed by atoms with van der Waals surface area (Å²) in [5.74, 6) is 0. The van der Waals surface area contributed by atoms with Crippen molar-refractivity contribution < 1.29 is 0 Å². The van der Waals surface area contributed by atoms with Crippen LogP contribution in [0.5, 0.6) is 0 Å². The van der Waals surface area contributed by atoms with Crippen LogP contribution >= 0.6 is 34.0 Å². The van der Waals surface area contributed by atoms with Crippen LogP contribution in [-0.2, 0) is 0 Å². The first-order valence-electron chi connectivity index (χ1n) is 8.12. The van der Waals surface area contributed by atoms with Gasteiger partial charge in [0, 0.05) is 0 Å². The molecule has 4 N–H and O–H groups in total. The number of unbranched alkanes of at least 4 members (excludes halogenated alkanes) is 10. The van der Waals surface area contributed by atoms with Crippen LogP contribution in [0.4, 0.5) is 0 Å². The van der Waals surface area contributed by atoms with E-state index in [1.54, 1.807) is 0 Å². The highest BCUT2D eigenvalue weighted by Gasteiger charge is 1.92. The average Bonchev–Trinajstić information content (AvgIpc) is 2.35. The molecule has 0 saturated carbocycles. The smallest absolute Gasteiger partial charge is 0.00489 e. The normalized spacial score (nSPS) is 9.30. The minimum atomic E-state index is 0. The maximum absolute atomic E-state index is 3.57. The molecule has 0 heterocycles. The van der Waals surface area contributed by atoms with Crippen molar-refractivity contribution in [2.24, 2.45) is 0 Å². The molecule has 0 amide bonds. The van der Waals surface area contributed by atoms with Crippen molar-refractivity contribution in [3.63, 3.8) is 0 Å². The lowest BCUT2D eigenvalue weighted by molar-refractivity contribution is 0.543. The molecule has 0 aromatic heterocycles. The highest BCUT2D eigenvalue weighted by molar-refractivity contribution is 8.93. The van der Waals surface area contributed by atoms with E-state index in [9.17, 15) is 0 Å². The van der Waals surface area contributed by atoms with E-state index in [-0.39, 0.29) is 40.1 Å². The fourth-order valence-corrected chi connectivity index (χ4v) is 2.19. The van der Waals surface area contributed by atoms with Crippen LogP contribution in [0.1, 0.15) is 90.9 Å². The summed E-state index contributed by atoms with van der Waals surface area (Å²) < 4.78 is 0. The quantitative estimate of drug-likeness (QED) is 0.311. The van der Waals surface area contributed by atoms with Gasteiger partial charge in [0.1, 0.15) is 0 Å². The second kappa shape index (κ2) is 28.1. The summed E-state index contributed by atoms with van der Waals surface area (Å²) in [6.07, 6.45) is 16.9. The molecular formula is C16H40Br2N2. The van der Waals surface area contributed by atoms with E-state index in [0.717, 1.165) is 0 Å². The number of nitrogens with one attached hydrogen (secondary N) is 1. The Morgan fingerprint density at radius 2 is 0.800 bits per heavy atom. The van der Waals surface area contributed by atoms with E-state index in [4.69, 9.17) is 0 Å². The van der Waals surface area contributed by atoms with Crippen molar-refractivity contribution in [2.45, 2.75) is 90.9 Å². The molecule has 0 saturated heterocycles. The summed E-state index contributed by atoms with van der Waals surface area (Å²) in [5.41, 5.74) is 0. The van der Waals surface area contributed by atoms with E-state index >= 15 is 0 Å². The van der Waals surface area contributed by atoms with Gasteiger partial charge in [-0.25, -0.2) is 0 Å². The van der Waals surface area contributed by atoms with Crippen molar-refractivity contribution in [1.82, 2.24) is 11.5 Å². The number of hydrogen-bond donors (Lipinski definition) is 2. The Kier molecular flexibility index (Phi) is 40.7. The SMILES string of the molecule is Br.Br.CCCCCCCCNCCCCCCCC.N. The van der Waals surface area contributed by atoms with E-state index in [0.29, 0.717) is 0 Å². The Balaban J connectivity index is -0.000000427. The molecule has 0 spiro atoms. The van der Waals surface area contributed by atoms with Crippen LogP contribution in [0.25, 0.3) is 0 Å². The lowest BCUT2D eigenvalue weighted by atomic mass is 10.1. The molecular weight excluding hydrogens is 380 g/mol. The molecule has 0 aliphatic rings. The minimum absolute atomic E-state index is 0. The van der Waals surface area contributed by atoms with Gasteiger partial charge in [0.15, 0.2) is 0 Å². The third-order valence-corrected chi connectivity index (χ3v) is 3.41. The van der Waals surface area contributed by atoms with Gasteiger partial charge < -0.3 is 11.5 Å². The van der Waals surface area contributed by atoms with Crippen LogP contribution < -0.4 is 11.5 Å². The Morgan fingerprint density at radius 3 is 1.15 bits per heavy atom. The van der Waals surface area contributed by atoms with Gasteiger partial charge in [-0.1, -0.05) is 78.1 Å². The fourth-order valence-electron chi connectivity index (χ4n) is 2.19. The lowest BCUT2D eigenvalue weighted by Crippen LogP contribution is -2.16. The fraction of sp³-hybridized carbons (Fsp3) is 1.00. The minimum Gasteiger partial charge on any atom is -0.344 e. The second-order valence-electron chi connectivity index (χ2n) is 5.29. The molecule has 2 nitrogen and oxygen atoms in total. The lowest BCUT2D eigenvalue weighted by Gasteiger charge is -2.04. The topological polar surface area (TPSA) is 47.0 Å². The zero-order valence-electron chi connectivity index (χ0n) is 13.9. The number of hydrogen-bond acceptors (Lipinski definition) is 2. The van der Waals surface area contributed by atoms with Gasteiger partial charge in [0.05, 0.1) is 0 Å². The van der Waals surface area contributed by atoms with E-state index < -0.39 is 0 Å². The zero-order chi connectivity index (χ0) is 12.6. The predicted molar refractivity (Wildman–Crippen MR) is 105 cm³/mol. The summed E-state index contributed by atoms with van der Waals surface area (Å²) in [5, 5.41) is 3.57. The van der Waals surface area contributed by atoms with Crippen LogP contribution in [0, 0.1) is 0 Å². The molecule has 0 radical (unpaired) electrons. The predicted octanol–water partition coefficient (Wildman–Crippen LogP) is 6.61. The van der Waals surface area contributed by atoms with Crippen molar-refractivity contribution in [3.8, 4) is 0 Å². The molecule has 128 valence electrons. The van der Waals surface area contributed by atoms with Gasteiger partial charge in [0.25, 0.3) is 0 Å². The Bertz CT molecular complexity index is 122. The molecule has 0 aliphatic carbocycles. The molecule has 0 aromatic carbocycles. The molecule has 0 aliphatic heterocycles. The van der Waals surface area contributed by atoms with Crippen LogP contribution in [0.15, 0.2) is 0 Å². The molecule has 0 atom stereocenters. The second-order valence-corrected chi connectivity index (χ2v) is 5.29. The standard InChI is InChI=1S/C16H35N.2BrH.H3N/c1-3-5-7-9-11-13-15-17-16-14-12-10-8-6-4-2;;;/h17H,3-16H2,1-2H3;2*1H;1H3. The molecule has 20 heavy (non-hydrogen) atoms. The molecule has 0 unspecified atom stereocenters. The largest absolute Gasteiger partial charge is 0.344 e. The van der Waals surface area contributed by atoms with E-state index in [1.165, 1.54) is 90.1 Å². The van der Waals surface area contributed by atoms with Gasteiger partial charge in [-0.3, -0.25) is 0 Å². The summed E-state index contributed by atoms with van der Waals surface area (Å²) in [7, 11) is 0. The third-order valence-electron chi connectivity index (χ3n) is 3.41. The Morgan fingerprint density at radius 1 is 0.500 bits per heavy atom. The van der Waals surface area contributed by atoms with Gasteiger partial charge >= 0.3 is 0 Å². The van der Waals surface area contributed by atoms with Crippen LogP contribution in [0.3, 0.4) is 0 Å². The summed E-state index contributed by atoms with van der Waals surface area (Å²) in [6.45, 7) is 7.03. The molecule has 4 heteroatoms. The zero-order valence-corrected chi connectivity index (χ0v) is 17.3. The first-order valence-corrected chi connectivity index (χ1v) is 8.12. The van der Waals surface area contributed by atoms with Gasteiger partial charge in [0.2, 0.25) is 0 Å². The molecule has 0 bridgehead atoms. The highest BCUT2D eigenvalue weighted by Crippen LogP contribution is 2.05. The van der Waals surface area contributed by atoms with Crippen LogP contribution in [-0.4, -0.2) is 13.1 Å². The van der Waals surface area contributed by atoms with Crippen molar-refractivity contribution >= 4 is 34.0 Å². The first-order chi connectivity index (χ1) is 8.41. The molecule has 0 fully saturated rings. The summed E-state index contributed by atoms with van der Waals surface area (Å²) >= 11 is 0. The monoisotopic (exact) mass is 418 g/mol. The first kappa shape index (κ1) is 29.0. The maximum Gasteiger partial charge on any atom is -0.00489 e. The van der Waals surface area contributed by atoms with Gasteiger partial charge in [-0.05, 0) is 25.9 Å². The van der Waals surface area contributed by atoms with Gasteiger partial charge in [-0.15, -0.1) is 34.0 Å². The summed E-state index contributed by atoms with van der Waals surface area (Å²) in [6, 6.07) is 0. The van der Waals surface area contributed by atoms with Crippen molar-refractivity contribution in [1.29, 1.82) is 0 Å². The van der Waals surface area contributed by atoms with E-state index in [2.05, 4.69) is 19.2 Å². The third kappa shape index (κ3) is 27.3. The van der Waals surface area contributed by atoms with E-state index in [1.807, 2.05) is 0 Å². The highest BCUT2D eigenvalue weighted by atomic mass is 79.9. The Labute approximate surface area is 149 Å². The summed E-state index contributed by atoms with van der Waals surface area (Å²) in [4.78, 5) is 0. The molecule has 0 aromatic rings. The maximum atomic E-state index is 3.57. The van der Waals surface area contributed by atoms with Crippen LogP contribution in [0.2, 0.25) is 0 Å².